The molecular formula is C25H20N4O3S2. The molecule has 0 aliphatic heterocycles. The van der Waals surface area contributed by atoms with E-state index in [-0.39, 0.29) is 18.1 Å². The second-order valence-corrected chi connectivity index (χ2v) is 9.61. The summed E-state index contributed by atoms with van der Waals surface area (Å²) in [7, 11) is 0. The van der Waals surface area contributed by atoms with Crippen molar-refractivity contribution in [1.82, 2.24) is 19.9 Å². The van der Waals surface area contributed by atoms with E-state index in [1.54, 1.807) is 30.5 Å². The van der Waals surface area contributed by atoms with Crippen molar-refractivity contribution in [1.29, 1.82) is 0 Å². The number of amides is 1. The van der Waals surface area contributed by atoms with Crippen LogP contribution in [0.2, 0.25) is 0 Å². The average Bonchev–Trinajstić information content (AvgIpc) is 3.45. The zero-order valence-corrected chi connectivity index (χ0v) is 19.9. The van der Waals surface area contributed by atoms with Crippen molar-refractivity contribution in [3.8, 4) is 10.9 Å². The number of ether oxygens (including phenoxy) is 1. The third kappa shape index (κ3) is 4.75. The van der Waals surface area contributed by atoms with Crippen LogP contribution in [0.4, 0.5) is 0 Å². The predicted octanol–water partition coefficient (Wildman–Crippen LogP) is 4.72. The highest BCUT2D eigenvalue weighted by Crippen LogP contribution is 2.24. The van der Waals surface area contributed by atoms with E-state index in [0.29, 0.717) is 28.0 Å². The van der Waals surface area contributed by atoms with Crippen molar-refractivity contribution in [2.75, 3.05) is 0 Å². The van der Waals surface area contributed by atoms with Gasteiger partial charge in [0, 0.05) is 18.8 Å². The smallest absolute Gasteiger partial charge is 0.263 e. The Morgan fingerprint density at radius 3 is 2.62 bits per heavy atom. The molecule has 5 aromatic rings. The van der Waals surface area contributed by atoms with E-state index in [1.165, 1.54) is 22.0 Å². The number of nitrogens with zero attached hydrogens (tertiary/aromatic N) is 3. The van der Waals surface area contributed by atoms with Crippen molar-refractivity contribution in [3.63, 3.8) is 0 Å². The number of hydrogen-bond acceptors (Lipinski definition) is 7. The maximum absolute atomic E-state index is 12.7. The first kappa shape index (κ1) is 22.0. The normalized spacial score (nSPS) is 11.0. The van der Waals surface area contributed by atoms with Crippen LogP contribution in [-0.4, -0.2) is 20.4 Å². The van der Waals surface area contributed by atoms with E-state index in [0.717, 1.165) is 20.8 Å². The first-order valence-electron chi connectivity index (χ1n) is 10.6. The SMILES string of the molecule is Cc1nc(-n2ccc(OCc3nc4ccccc4s3)cc2=O)sc1C(=O)NCc1ccccc1. The van der Waals surface area contributed by atoms with Gasteiger partial charge < -0.3 is 10.1 Å². The van der Waals surface area contributed by atoms with Crippen molar-refractivity contribution in [2.24, 2.45) is 0 Å². The van der Waals surface area contributed by atoms with E-state index < -0.39 is 0 Å². The Balaban J connectivity index is 1.27. The standard InChI is InChI=1S/C25H20N4O3S2/c1-16-23(24(31)26-14-17-7-3-2-4-8-17)34-25(27-16)29-12-11-18(13-22(29)30)32-15-21-28-19-9-5-6-10-20(19)33-21/h2-13H,14-15H2,1H3,(H,26,31). The number of aromatic nitrogens is 3. The third-order valence-electron chi connectivity index (χ3n) is 5.09. The summed E-state index contributed by atoms with van der Waals surface area (Å²) in [6.45, 7) is 2.47. The molecule has 0 saturated carbocycles. The summed E-state index contributed by atoms with van der Waals surface area (Å²) < 4.78 is 8.30. The van der Waals surface area contributed by atoms with Gasteiger partial charge in [0.25, 0.3) is 11.5 Å². The molecule has 34 heavy (non-hydrogen) atoms. The molecule has 0 spiro atoms. The molecule has 5 rings (SSSR count). The molecule has 7 nitrogen and oxygen atoms in total. The van der Waals surface area contributed by atoms with Crippen LogP contribution in [0.1, 0.15) is 25.9 Å². The Hall–Kier alpha value is -3.82. The summed E-state index contributed by atoms with van der Waals surface area (Å²) >= 11 is 2.74. The highest BCUT2D eigenvalue weighted by atomic mass is 32.1. The van der Waals surface area contributed by atoms with E-state index in [1.807, 2.05) is 54.6 Å². The zero-order chi connectivity index (χ0) is 23.5. The fraction of sp³-hybridized carbons (Fsp3) is 0.120. The van der Waals surface area contributed by atoms with Crippen molar-refractivity contribution in [3.05, 3.63) is 104 Å². The van der Waals surface area contributed by atoms with Gasteiger partial charge >= 0.3 is 0 Å². The summed E-state index contributed by atoms with van der Waals surface area (Å²) in [5.74, 6) is 0.239. The van der Waals surface area contributed by atoms with Gasteiger partial charge in [0.1, 0.15) is 22.2 Å². The van der Waals surface area contributed by atoms with Crippen LogP contribution < -0.4 is 15.6 Å². The number of para-hydroxylation sites is 1. The van der Waals surface area contributed by atoms with Gasteiger partial charge in [0.2, 0.25) is 0 Å². The van der Waals surface area contributed by atoms with Gasteiger partial charge in [-0.25, -0.2) is 9.97 Å². The molecule has 0 atom stereocenters. The lowest BCUT2D eigenvalue weighted by molar-refractivity contribution is 0.0954. The van der Waals surface area contributed by atoms with Gasteiger partial charge in [-0.3, -0.25) is 14.2 Å². The number of rotatable bonds is 7. The third-order valence-corrected chi connectivity index (χ3v) is 7.25. The van der Waals surface area contributed by atoms with Crippen molar-refractivity contribution in [2.45, 2.75) is 20.1 Å². The highest BCUT2D eigenvalue weighted by molar-refractivity contribution is 7.18. The minimum atomic E-state index is -0.285. The van der Waals surface area contributed by atoms with E-state index in [2.05, 4.69) is 15.3 Å². The summed E-state index contributed by atoms with van der Waals surface area (Å²) in [5, 5.41) is 4.18. The molecular weight excluding hydrogens is 468 g/mol. The maximum atomic E-state index is 12.7. The lowest BCUT2D eigenvalue weighted by Gasteiger charge is -2.05. The lowest BCUT2D eigenvalue weighted by atomic mass is 10.2. The number of benzene rings is 2. The summed E-state index contributed by atoms with van der Waals surface area (Å²) in [5.41, 5.74) is 2.24. The van der Waals surface area contributed by atoms with E-state index in [9.17, 15) is 9.59 Å². The number of fused-ring (bicyclic) bond motifs is 1. The zero-order valence-electron chi connectivity index (χ0n) is 18.2. The molecule has 0 fully saturated rings. The van der Waals surface area contributed by atoms with Crippen LogP contribution in [0.15, 0.2) is 77.7 Å². The number of thiazole rings is 2. The van der Waals surface area contributed by atoms with Crippen molar-refractivity contribution < 1.29 is 9.53 Å². The van der Waals surface area contributed by atoms with Crippen molar-refractivity contribution >= 4 is 38.8 Å². The number of carbonyl (C=O) groups excluding carboxylic acids is 1. The van der Waals surface area contributed by atoms with E-state index >= 15 is 0 Å². The van der Waals surface area contributed by atoms with Crippen LogP contribution in [0.5, 0.6) is 5.75 Å². The molecule has 0 aliphatic rings. The number of pyridine rings is 1. The Morgan fingerprint density at radius 2 is 1.82 bits per heavy atom. The minimum Gasteiger partial charge on any atom is -0.486 e. The topological polar surface area (TPSA) is 86.1 Å². The Morgan fingerprint density at radius 1 is 1.03 bits per heavy atom. The fourth-order valence-corrected chi connectivity index (χ4v) is 5.24. The first-order valence-corrected chi connectivity index (χ1v) is 12.2. The highest BCUT2D eigenvalue weighted by Gasteiger charge is 2.17. The molecule has 3 aromatic heterocycles. The lowest BCUT2D eigenvalue weighted by Crippen LogP contribution is -2.22. The molecule has 0 unspecified atom stereocenters. The Bertz CT molecular complexity index is 1490. The Kier molecular flexibility index (Phi) is 6.20. The monoisotopic (exact) mass is 488 g/mol. The second kappa shape index (κ2) is 9.58. The Labute approximate surface area is 203 Å². The van der Waals surface area contributed by atoms with Crippen LogP contribution in [-0.2, 0) is 13.2 Å². The van der Waals surface area contributed by atoms with Gasteiger partial charge in [0.15, 0.2) is 5.13 Å². The van der Waals surface area contributed by atoms with Gasteiger partial charge in [-0.15, -0.1) is 11.3 Å². The molecule has 0 saturated heterocycles. The quantitative estimate of drug-likeness (QED) is 0.358. The molecule has 1 amide bonds. The molecule has 9 heteroatoms. The molecule has 3 heterocycles. The van der Waals surface area contributed by atoms with Crippen LogP contribution in [0.25, 0.3) is 15.3 Å². The maximum Gasteiger partial charge on any atom is 0.263 e. The molecule has 170 valence electrons. The molecule has 1 N–H and O–H groups in total. The van der Waals surface area contributed by atoms with Gasteiger partial charge in [-0.1, -0.05) is 53.8 Å². The molecule has 2 aromatic carbocycles. The van der Waals surface area contributed by atoms with Crippen LogP contribution >= 0.6 is 22.7 Å². The molecule has 0 bridgehead atoms. The van der Waals surface area contributed by atoms with Gasteiger partial charge in [-0.05, 0) is 30.7 Å². The van der Waals surface area contributed by atoms with E-state index in [4.69, 9.17) is 4.74 Å². The van der Waals surface area contributed by atoms with Gasteiger partial charge in [0.05, 0.1) is 15.9 Å². The number of hydrogen-bond donors (Lipinski definition) is 1. The minimum absolute atomic E-state index is 0.214. The van der Waals surface area contributed by atoms with Gasteiger partial charge in [-0.2, -0.15) is 0 Å². The summed E-state index contributed by atoms with van der Waals surface area (Å²) in [6, 6.07) is 20.7. The predicted molar refractivity (Wildman–Crippen MR) is 134 cm³/mol. The molecule has 0 radical (unpaired) electrons. The second-order valence-electron chi connectivity index (χ2n) is 7.51. The first-order chi connectivity index (χ1) is 16.6. The number of nitrogens with one attached hydrogen (secondary N) is 1. The summed E-state index contributed by atoms with van der Waals surface area (Å²) in [6.07, 6.45) is 1.61. The molecule has 0 aliphatic carbocycles. The fourth-order valence-electron chi connectivity index (χ4n) is 3.39. The van der Waals surface area contributed by atoms with Crippen LogP contribution in [0, 0.1) is 6.92 Å². The average molecular weight is 489 g/mol. The number of carbonyl (C=O) groups is 1. The largest absolute Gasteiger partial charge is 0.486 e. The van der Waals surface area contributed by atoms with Crippen LogP contribution in [0.3, 0.4) is 0 Å². The number of aryl methyl sites for hydroxylation is 1. The summed E-state index contributed by atoms with van der Waals surface area (Å²) in [4.78, 5) is 34.8.